The third-order valence-electron chi connectivity index (χ3n) is 2.96. The van der Waals surface area contributed by atoms with Crippen LogP contribution in [0.25, 0.3) is 10.9 Å². The van der Waals surface area contributed by atoms with Crippen LogP contribution in [0.3, 0.4) is 0 Å². The number of aromatic nitrogens is 1. The van der Waals surface area contributed by atoms with Crippen molar-refractivity contribution in [1.82, 2.24) is 4.57 Å². The van der Waals surface area contributed by atoms with Crippen LogP contribution in [-0.4, -0.2) is 19.2 Å². The molecule has 2 N–H and O–H groups in total. The van der Waals surface area contributed by atoms with Crippen molar-refractivity contribution in [3.63, 3.8) is 0 Å². The first-order chi connectivity index (χ1) is 8.32. The molecule has 0 aliphatic rings. The molecule has 1 aromatic heterocycles. The molecule has 0 aliphatic heterocycles. The molecule has 6 heteroatoms. The maximum Gasteiger partial charge on any atom is 0.275 e. The minimum atomic E-state index is -3.38. The first-order valence-electron chi connectivity index (χ1n) is 5.41. The van der Waals surface area contributed by atoms with Crippen LogP contribution in [0.1, 0.15) is 12.3 Å². The Morgan fingerprint density at radius 3 is 2.50 bits per heavy atom. The van der Waals surface area contributed by atoms with E-state index in [1.165, 1.54) is 11.5 Å². The number of anilines is 1. The van der Waals surface area contributed by atoms with E-state index in [0.717, 1.165) is 11.6 Å². The quantitative estimate of drug-likeness (QED) is 0.883. The van der Waals surface area contributed by atoms with Gasteiger partial charge in [-0.25, -0.2) is 8.42 Å². The van der Waals surface area contributed by atoms with Gasteiger partial charge in [-0.1, -0.05) is 18.2 Å². The lowest BCUT2D eigenvalue weighted by Gasteiger charge is -2.17. The topological polar surface area (TPSA) is 82.2 Å². The minimum Gasteiger partial charge on any atom is -0.394 e. The van der Waals surface area contributed by atoms with E-state index in [4.69, 9.17) is 5.73 Å². The molecular formula is C12H14N2O3S. The molecule has 1 unspecified atom stereocenters. The number of benzene rings is 1. The fraction of sp³-hybridized carbons (Fsp3) is 0.250. The minimum absolute atomic E-state index is 0.0456. The van der Waals surface area contributed by atoms with Crippen molar-refractivity contribution < 1.29 is 8.42 Å². The third-order valence-corrected chi connectivity index (χ3v) is 4.41. The van der Waals surface area contributed by atoms with Gasteiger partial charge in [-0.05, 0) is 19.1 Å². The summed E-state index contributed by atoms with van der Waals surface area (Å²) in [6, 6.07) is 8.61. The van der Waals surface area contributed by atoms with Crippen molar-refractivity contribution in [2.75, 3.05) is 12.0 Å². The maximum atomic E-state index is 12.0. The molecule has 0 amide bonds. The molecule has 1 aromatic carbocycles. The molecule has 2 aromatic rings. The number of nitrogen functional groups attached to an aromatic ring is 1. The second kappa shape index (κ2) is 4.13. The van der Waals surface area contributed by atoms with Crippen LogP contribution in [0.4, 0.5) is 5.69 Å². The Bertz CT molecular complexity index is 762. The average Bonchev–Trinajstić information content (AvgIpc) is 2.29. The van der Waals surface area contributed by atoms with Crippen LogP contribution in [0, 0.1) is 0 Å². The zero-order valence-corrected chi connectivity index (χ0v) is 10.9. The number of pyridine rings is 1. The second-order valence-electron chi connectivity index (χ2n) is 4.26. The van der Waals surface area contributed by atoms with E-state index >= 15 is 0 Å². The molecule has 0 spiro atoms. The van der Waals surface area contributed by atoms with Crippen LogP contribution in [0.5, 0.6) is 0 Å². The highest BCUT2D eigenvalue weighted by Gasteiger charge is 2.21. The van der Waals surface area contributed by atoms with Crippen LogP contribution >= 0.6 is 0 Å². The van der Waals surface area contributed by atoms with E-state index in [1.54, 1.807) is 24.3 Å². The second-order valence-corrected chi connectivity index (χ2v) is 6.60. The van der Waals surface area contributed by atoms with Gasteiger partial charge < -0.3 is 5.73 Å². The Labute approximate surface area is 105 Å². The molecule has 1 heterocycles. The lowest BCUT2D eigenvalue weighted by molar-refractivity contribution is 0.566. The van der Waals surface area contributed by atoms with Crippen molar-refractivity contribution in [3.05, 3.63) is 40.7 Å². The number of fused-ring (bicyclic) bond motifs is 1. The van der Waals surface area contributed by atoms with Gasteiger partial charge in [0.1, 0.15) is 5.37 Å². The first-order valence-corrected chi connectivity index (χ1v) is 7.36. The average molecular weight is 266 g/mol. The summed E-state index contributed by atoms with van der Waals surface area (Å²) in [5.41, 5.74) is 5.77. The molecule has 18 heavy (non-hydrogen) atoms. The molecule has 5 nitrogen and oxygen atoms in total. The summed E-state index contributed by atoms with van der Waals surface area (Å²) in [7, 11) is -3.38. The predicted molar refractivity (Wildman–Crippen MR) is 72.2 cm³/mol. The van der Waals surface area contributed by atoms with E-state index in [0.29, 0.717) is 5.52 Å². The summed E-state index contributed by atoms with van der Waals surface area (Å²) in [6.07, 6.45) is 1.10. The SMILES string of the molecule is CC(n1c(=O)c(N)cc2ccccc21)S(C)(=O)=O. The summed E-state index contributed by atoms with van der Waals surface area (Å²) in [4.78, 5) is 12.0. The van der Waals surface area contributed by atoms with E-state index in [1.807, 2.05) is 6.07 Å². The van der Waals surface area contributed by atoms with E-state index < -0.39 is 20.8 Å². The Balaban J connectivity index is 2.92. The summed E-state index contributed by atoms with van der Waals surface area (Å²) in [5.74, 6) is 0. The van der Waals surface area contributed by atoms with Gasteiger partial charge in [0.05, 0.1) is 11.2 Å². The van der Waals surface area contributed by atoms with Crippen molar-refractivity contribution >= 4 is 26.4 Å². The molecule has 0 bridgehead atoms. The Morgan fingerprint density at radius 2 is 1.89 bits per heavy atom. The molecule has 0 saturated heterocycles. The van der Waals surface area contributed by atoms with E-state index in [2.05, 4.69) is 0 Å². The zero-order valence-electron chi connectivity index (χ0n) is 10.1. The molecule has 0 aliphatic carbocycles. The van der Waals surface area contributed by atoms with Gasteiger partial charge in [0.2, 0.25) is 0 Å². The first kappa shape index (κ1) is 12.6. The molecule has 1 atom stereocenters. The molecule has 96 valence electrons. The fourth-order valence-corrected chi connectivity index (χ4v) is 2.45. The number of nitrogens with two attached hydrogens (primary N) is 1. The number of para-hydroxylation sites is 1. The highest BCUT2D eigenvalue weighted by molar-refractivity contribution is 7.90. The molecule has 0 fully saturated rings. The van der Waals surface area contributed by atoms with E-state index in [-0.39, 0.29) is 5.69 Å². The molecule has 0 radical (unpaired) electrons. The zero-order chi connectivity index (χ0) is 13.5. The summed E-state index contributed by atoms with van der Waals surface area (Å²) >= 11 is 0. The number of nitrogens with zero attached hydrogens (tertiary/aromatic N) is 1. The van der Waals surface area contributed by atoms with Crippen LogP contribution in [-0.2, 0) is 9.84 Å². The van der Waals surface area contributed by atoms with Gasteiger partial charge in [0.25, 0.3) is 5.56 Å². The lowest BCUT2D eigenvalue weighted by atomic mass is 10.2. The fourth-order valence-electron chi connectivity index (χ4n) is 1.86. The highest BCUT2D eigenvalue weighted by Crippen LogP contribution is 2.20. The number of hydrogen-bond acceptors (Lipinski definition) is 4. The summed E-state index contributed by atoms with van der Waals surface area (Å²) in [5, 5.41) is -0.205. The molecular weight excluding hydrogens is 252 g/mol. The summed E-state index contributed by atoms with van der Waals surface area (Å²) in [6.45, 7) is 1.47. The Kier molecular flexibility index (Phi) is 2.90. The normalized spacial score (nSPS) is 13.7. The lowest BCUT2D eigenvalue weighted by Crippen LogP contribution is -2.29. The number of hydrogen-bond donors (Lipinski definition) is 1. The van der Waals surface area contributed by atoms with Gasteiger partial charge in [-0.2, -0.15) is 0 Å². The third kappa shape index (κ3) is 1.99. The molecule has 0 saturated carbocycles. The smallest absolute Gasteiger partial charge is 0.275 e. The van der Waals surface area contributed by atoms with Gasteiger partial charge in [-0.3, -0.25) is 9.36 Å². The van der Waals surface area contributed by atoms with Gasteiger partial charge in [-0.15, -0.1) is 0 Å². The van der Waals surface area contributed by atoms with Crippen LogP contribution in [0.15, 0.2) is 35.1 Å². The summed E-state index contributed by atoms with van der Waals surface area (Å²) < 4.78 is 24.5. The van der Waals surface area contributed by atoms with Crippen molar-refractivity contribution in [3.8, 4) is 0 Å². The number of rotatable bonds is 2. The Hall–Kier alpha value is -1.82. The highest BCUT2D eigenvalue weighted by atomic mass is 32.2. The van der Waals surface area contributed by atoms with Crippen molar-refractivity contribution in [2.45, 2.75) is 12.3 Å². The van der Waals surface area contributed by atoms with Crippen LogP contribution < -0.4 is 11.3 Å². The standard InChI is InChI=1S/C12H14N2O3S/c1-8(18(2,16)17)14-11-6-4-3-5-9(11)7-10(13)12(14)15/h3-8H,13H2,1-2H3. The van der Waals surface area contributed by atoms with Crippen molar-refractivity contribution in [2.24, 2.45) is 0 Å². The van der Waals surface area contributed by atoms with Gasteiger partial charge >= 0.3 is 0 Å². The van der Waals surface area contributed by atoms with Crippen molar-refractivity contribution in [1.29, 1.82) is 0 Å². The maximum absolute atomic E-state index is 12.0. The number of sulfone groups is 1. The van der Waals surface area contributed by atoms with Crippen LogP contribution in [0.2, 0.25) is 0 Å². The van der Waals surface area contributed by atoms with E-state index in [9.17, 15) is 13.2 Å². The monoisotopic (exact) mass is 266 g/mol. The Morgan fingerprint density at radius 1 is 1.28 bits per heavy atom. The van der Waals surface area contributed by atoms with Gasteiger partial charge in [0.15, 0.2) is 9.84 Å². The molecule has 2 rings (SSSR count). The predicted octanol–water partition coefficient (Wildman–Crippen LogP) is 1.15. The largest absolute Gasteiger partial charge is 0.394 e. The van der Waals surface area contributed by atoms with Gasteiger partial charge in [0, 0.05) is 11.6 Å².